The van der Waals surface area contributed by atoms with E-state index in [0.717, 1.165) is 31.7 Å². The van der Waals surface area contributed by atoms with Crippen molar-refractivity contribution in [2.24, 2.45) is 0 Å². The highest BCUT2D eigenvalue weighted by atomic mass is 35.5. The standard InChI is InChI=1S/C14H16ClN5O/c15-10-7-12(18-8-10)14(21)19-11-1-5-20(6-2-11)13-9-16-3-4-17-13/h3-4,7-9,11,18H,1-2,5-6H2,(H,19,21). The summed E-state index contributed by atoms with van der Waals surface area (Å²) in [5.74, 6) is 0.776. The molecule has 0 spiro atoms. The largest absolute Gasteiger partial charge is 0.356 e. The summed E-state index contributed by atoms with van der Waals surface area (Å²) in [6, 6.07) is 1.80. The molecule has 7 heteroatoms. The molecule has 2 aromatic rings. The molecular weight excluding hydrogens is 290 g/mol. The first kappa shape index (κ1) is 13.9. The number of H-pyrrole nitrogens is 1. The summed E-state index contributed by atoms with van der Waals surface area (Å²) < 4.78 is 0. The second-order valence-electron chi connectivity index (χ2n) is 5.03. The zero-order valence-corrected chi connectivity index (χ0v) is 12.2. The van der Waals surface area contributed by atoms with Crippen LogP contribution in [0.25, 0.3) is 0 Å². The molecule has 0 unspecified atom stereocenters. The molecule has 2 N–H and O–H groups in total. The molecule has 1 amide bonds. The van der Waals surface area contributed by atoms with Crippen molar-refractivity contribution in [1.29, 1.82) is 0 Å². The van der Waals surface area contributed by atoms with Crippen molar-refractivity contribution in [2.45, 2.75) is 18.9 Å². The van der Waals surface area contributed by atoms with Gasteiger partial charge >= 0.3 is 0 Å². The molecule has 2 aromatic heterocycles. The van der Waals surface area contributed by atoms with Crippen LogP contribution in [0.1, 0.15) is 23.3 Å². The number of piperidine rings is 1. The van der Waals surface area contributed by atoms with Gasteiger partial charge in [0.25, 0.3) is 5.91 Å². The number of hydrogen-bond donors (Lipinski definition) is 2. The minimum absolute atomic E-state index is 0.111. The van der Waals surface area contributed by atoms with E-state index in [1.807, 2.05) is 0 Å². The third kappa shape index (κ3) is 3.33. The fourth-order valence-electron chi connectivity index (χ4n) is 2.47. The van der Waals surface area contributed by atoms with Gasteiger partial charge in [0, 0.05) is 37.7 Å². The Kier molecular flexibility index (Phi) is 4.06. The molecule has 110 valence electrons. The fraction of sp³-hybridized carbons (Fsp3) is 0.357. The smallest absolute Gasteiger partial charge is 0.267 e. The molecule has 1 aliphatic heterocycles. The molecule has 0 bridgehead atoms. The predicted molar refractivity (Wildman–Crippen MR) is 80.5 cm³/mol. The van der Waals surface area contributed by atoms with Crippen LogP contribution in [0.5, 0.6) is 0 Å². The van der Waals surface area contributed by atoms with Crippen molar-refractivity contribution in [3.63, 3.8) is 0 Å². The van der Waals surface area contributed by atoms with Gasteiger partial charge in [-0.25, -0.2) is 4.98 Å². The molecule has 1 aliphatic rings. The summed E-state index contributed by atoms with van der Waals surface area (Å²) in [5, 5.41) is 3.57. The van der Waals surface area contributed by atoms with Crippen LogP contribution < -0.4 is 10.2 Å². The highest BCUT2D eigenvalue weighted by molar-refractivity contribution is 6.30. The lowest BCUT2D eigenvalue weighted by Crippen LogP contribution is -2.45. The Balaban J connectivity index is 1.53. The Hall–Kier alpha value is -2.08. The van der Waals surface area contributed by atoms with E-state index in [1.165, 1.54) is 0 Å². The van der Waals surface area contributed by atoms with E-state index in [2.05, 4.69) is 25.2 Å². The molecule has 1 fully saturated rings. The minimum atomic E-state index is -0.111. The number of aromatic nitrogens is 3. The zero-order valence-electron chi connectivity index (χ0n) is 11.4. The van der Waals surface area contributed by atoms with Crippen LogP contribution >= 0.6 is 11.6 Å². The molecule has 6 nitrogen and oxygen atoms in total. The Morgan fingerprint density at radius 3 is 2.81 bits per heavy atom. The van der Waals surface area contributed by atoms with E-state index in [-0.39, 0.29) is 11.9 Å². The summed E-state index contributed by atoms with van der Waals surface area (Å²) >= 11 is 5.80. The van der Waals surface area contributed by atoms with Gasteiger partial charge < -0.3 is 15.2 Å². The number of carbonyl (C=O) groups excluding carboxylic acids is 1. The SMILES string of the molecule is O=C(NC1CCN(c2cnccn2)CC1)c1cc(Cl)c[nH]1. The number of anilines is 1. The molecule has 3 heterocycles. The summed E-state index contributed by atoms with van der Waals surface area (Å²) in [7, 11) is 0. The third-order valence-electron chi connectivity index (χ3n) is 3.60. The second kappa shape index (κ2) is 6.13. The molecule has 21 heavy (non-hydrogen) atoms. The van der Waals surface area contributed by atoms with Crippen LogP contribution in [0.4, 0.5) is 5.82 Å². The van der Waals surface area contributed by atoms with Gasteiger partial charge in [0.1, 0.15) is 11.5 Å². The van der Waals surface area contributed by atoms with Gasteiger partial charge in [-0.05, 0) is 18.9 Å². The van der Waals surface area contributed by atoms with Crippen molar-refractivity contribution < 1.29 is 4.79 Å². The van der Waals surface area contributed by atoms with Gasteiger partial charge in [-0.15, -0.1) is 0 Å². The molecule has 0 radical (unpaired) electrons. The van der Waals surface area contributed by atoms with Gasteiger partial charge in [-0.2, -0.15) is 0 Å². The number of amides is 1. The third-order valence-corrected chi connectivity index (χ3v) is 3.81. The molecular formula is C14H16ClN5O. The van der Waals surface area contributed by atoms with Crippen molar-refractivity contribution >= 4 is 23.3 Å². The summed E-state index contributed by atoms with van der Waals surface area (Å²) in [6.07, 6.45) is 8.50. The van der Waals surface area contributed by atoms with E-state index >= 15 is 0 Å². The normalized spacial score (nSPS) is 16.0. The zero-order chi connectivity index (χ0) is 14.7. The van der Waals surface area contributed by atoms with Gasteiger partial charge in [0.15, 0.2) is 0 Å². The average Bonchev–Trinajstić information content (AvgIpc) is 2.96. The molecule has 3 rings (SSSR count). The number of hydrogen-bond acceptors (Lipinski definition) is 4. The van der Waals surface area contributed by atoms with Crippen LogP contribution in [0.3, 0.4) is 0 Å². The number of rotatable bonds is 3. The monoisotopic (exact) mass is 305 g/mol. The molecule has 0 atom stereocenters. The van der Waals surface area contributed by atoms with Crippen molar-refractivity contribution in [3.8, 4) is 0 Å². The van der Waals surface area contributed by atoms with E-state index in [4.69, 9.17) is 11.6 Å². The molecule has 0 aliphatic carbocycles. The fourth-order valence-corrected chi connectivity index (χ4v) is 2.63. The number of nitrogens with zero attached hydrogens (tertiary/aromatic N) is 3. The van der Waals surface area contributed by atoms with E-state index < -0.39 is 0 Å². The molecule has 0 saturated carbocycles. The van der Waals surface area contributed by atoms with Crippen molar-refractivity contribution in [1.82, 2.24) is 20.3 Å². The number of halogens is 1. The lowest BCUT2D eigenvalue weighted by molar-refractivity contribution is 0.0926. The van der Waals surface area contributed by atoms with Crippen LogP contribution in [0.2, 0.25) is 5.02 Å². The minimum Gasteiger partial charge on any atom is -0.356 e. The quantitative estimate of drug-likeness (QED) is 0.907. The maximum atomic E-state index is 12.0. The Bertz CT molecular complexity index is 607. The van der Waals surface area contributed by atoms with Gasteiger partial charge in [-0.1, -0.05) is 11.6 Å². The predicted octanol–water partition coefficient (Wildman–Crippen LogP) is 1.86. The summed E-state index contributed by atoms with van der Waals surface area (Å²) in [5.41, 5.74) is 0.497. The van der Waals surface area contributed by atoms with Gasteiger partial charge in [0.2, 0.25) is 0 Å². The van der Waals surface area contributed by atoms with Crippen LogP contribution in [-0.2, 0) is 0 Å². The highest BCUT2D eigenvalue weighted by Crippen LogP contribution is 2.17. The maximum absolute atomic E-state index is 12.0. The van der Waals surface area contributed by atoms with Crippen LogP contribution in [0, 0.1) is 0 Å². The number of aromatic amines is 1. The number of carbonyl (C=O) groups is 1. The van der Waals surface area contributed by atoms with Gasteiger partial charge in [-0.3, -0.25) is 9.78 Å². The average molecular weight is 306 g/mol. The highest BCUT2D eigenvalue weighted by Gasteiger charge is 2.22. The topological polar surface area (TPSA) is 73.9 Å². The summed E-state index contributed by atoms with van der Waals surface area (Å²) in [4.78, 5) is 25.5. The Morgan fingerprint density at radius 1 is 1.38 bits per heavy atom. The molecule has 0 aromatic carbocycles. The lowest BCUT2D eigenvalue weighted by Gasteiger charge is -2.32. The van der Waals surface area contributed by atoms with Crippen LogP contribution in [-0.4, -0.2) is 40.0 Å². The summed E-state index contributed by atoms with van der Waals surface area (Å²) in [6.45, 7) is 1.71. The van der Waals surface area contributed by atoms with E-state index in [0.29, 0.717) is 10.7 Å². The number of nitrogens with one attached hydrogen (secondary N) is 2. The first-order valence-corrected chi connectivity index (χ1v) is 7.26. The van der Waals surface area contributed by atoms with Crippen molar-refractivity contribution in [3.05, 3.63) is 41.6 Å². The van der Waals surface area contributed by atoms with Crippen LogP contribution in [0.15, 0.2) is 30.9 Å². The Labute approximate surface area is 127 Å². The van der Waals surface area contributed by atoms with Gasteiger partial charge in [0.05, 0.1) is 11.2 Å². The van der Waals surface area contributed by atoms with E-state index in [9.17, 15) is 4.79 Å². The first-order chi connectivity index (χ1) is 10.2. The Morgan fingerprint density at radius 2 is 2.19 bits per heavy atom. The lowest BCUT2D eigenvalue weighted by atomic mass is 10.0. The maximum Gasteiger partial charge on any atom is 0.267 e. The molecule has 1 saturated heterocycles. The first-order valence-electron chi connectivity index (χ1n) is 6.88. The second-order valence-corrected chi connectivity index (χ2v) is 5.47. The van der Waals surface area contributed by atoms with Crippen molar-refractivity contribution in [2.75, 3.05) is 18.0 Å². The van der Waals surface area contributed by atoms with E-state index in [1.54, 1.807) is 30.9 Å².